The fourth-order valence-electron chi connectivity index (χ4n) is 3.56. The van der Waals surface area contributed by atoms with Crippen LogP contribution in [0.5, 0.6) is 0 Å². The molecule has 2 heterocycles. The number of urea groups is 1. The summed E-state index contributed by atoms with van der Waals surface area (Å²) in [6.45, 7) is 5.96. The van der Waals surface area contributed by atoms with Crippen molar-refractivity contribution in [2.24, 2.45) is 0 Å². The van der Waals surface area contributed by atoms with Crippen molar-refractivity contribution in [3.63, 3.8) is 0 Å². The van der Waals surface area contributed by atoms with Crippen LogP contribution in [0.2, 0.25) is 10.0 Å². The van der Waals surface area contributed by atoms with Crippen LogP contribution in [0, 0.1) is 0 Å². The number of halogens is 2. The molecule has 2 unspecified atom stereocenters. The van der Waals surface area contributed by atoms with Crippen LogP contribution < -0.4 is 10.6 Å². The standard InChI is InChI=1S/C18H25Cl2N3O2S/c1-13(15-3-2-14(19)10-16(15)20)22-17(24)21-11-18(4-9-26-12-18)23-5-7-25-8-6-23/h2-3,10,13H,4-9,11-12H2,1H3,(H2,21,22,24). The molecule has 2 aliphatic heterocycles. The second-order valence-corrected chi connectivity index (χ2v) is 8.79. The summed E-state index contributed by atoms with van der Waals surface area (Å²) in [6.07, 6.45) is 1.09. The van der Waals surface area contributed by atoms with Crippen LogP contribution in [0.25, 0.3) is 0 Å². The number of thioether (sulfide) groups is 1. The maximum Gasteiger partial charge on any atom is 0.315 e. The molecule has 3 rings (SSSR count). The minimum atomic E-state index is -0.197. The Hall–Kier alpha value is -0.660. The number of nitrogens with zero attached hydrogens (tertiary/aromatic N) is 1. The molecule has 0 aromatic heterocycles. The van der Waals surface area contributed by atoms with E-state index in [-0.39, 0.29) is 17.6 Å². The number of ether oxygens (including phenoxy) is 1. The van der Waals surface area contributed by atoms with E-state index in [1.165, 1.54) is 0 Å². The highest BCUT2D eigenvalue weighted by atomic mass is 35.5. The third-order valence-electron chi connectivity index (χ3n) is 5.12. The van der Waals surface area contributed by atoms with E-state index >= 15 is 0 Å². The third-order valence-corrected chi connectivity index (χ3v) is 6.92. The van der Waals surface area contributed by atoms with Crippen molar-refractivity contribution < 1.29 is 9.53 Å². The molecule has 2 saturated heterocycles. The van der Waals surface area contributed by atoms with Gasteiger partial charge in [0, 0.05) is 41.0 Å². The van der Waals surface area contributed by atoms with E-state index in [0.29, 0.717) is 16.6 Å². The molecule has 0 radical (unpaired) electrons. The average molecular weight is 418 g/mol. The average Bonchev–Trinajstić information content (AvgIpc) is 3.11. The first-order valence-electron chi connectivity index (χ1n) is 8.90. The molecule has 1 aromatic rings. The Bertz CT molecular complexity index is 635. The molecular formula is C18H25Cl2N3O2S. The van der Waals surface area contributed by atoms with Crippen LogP contribution in [0.3, 0.4) is 0 Å². The highest BCUT2D eigenvalue weighted by molar-refractivity contribution is 7.99. The van der Waals surface area contributed by atoms with Gasteiger partial charge in [-0.05, 0) is 36.8 Å². The molecule has 144 valence electrons. The van der Waals surface area contributed by atoms with E-state index < -0.39 is 0 Å². The highest BCUT2D eigenvalue weighted by Gasteiger charge is 2.40. The zero-order valence-corrected chi connectivity index (χ0v) is 17.2. The summed E-state index contributed by atoms with van der Waals surface area (Å²) < 4.78 is 5.48. The van der Waals surface area contributed by atoms with Crippen LogP contribution >= 0.6 is 35.0 Å². The number of carbonyl (C=O) groups is 1. The van der Waals surface area contributed by atoms with E-state index in [1.807, 2.05) is 24.8 Å². The van der Waals surface area contributed by atoms with Gasteiger partial charge in [-0.2, -0.15) is 11.8 Å². The van der Waals surface area contributed by atoms with Crippen molar-refractivity contribution in [1.29, 1.82) is 0 Å². The lowest BCUT2D eigenvalue weighted by Crippen LogP contribution is -2.60. The lowest BCUT2D eigenvalue weighted by atomic mass is 9.95. The maximum atomic E-state index is 12.4. The highest BCUT2D eigenvalue weighted by Crippen LogP contribution is 2.33. The molecule has 0 saturated carbocycles. The van der Waals surface area contributed by atoms with Gasteiger partial charge in [0.05, 0.1) is 19.3 Å². The van der Waals surface area contributed by atoms with E-state index in [2.05, 4.69) is 15.5 Å². The minimum Gasteiger partial charge on any atom is -0.379 e. The van der Waals surface area contributed by atoms with Crippen molar-refractivity contribution in [2.45, 2.75) is 24.9 Å². The van der Waals surface area contributed by atoms with Gasteiger partial charge >= 0.3 is 6.03 Å². The van der Waals surface area contributed by atoms with Crippen molar-refractivity contribution in [3.8, 4) is 0 Å². The lowest BCUT2D eigenvalue weighted by molar-refractivity contribution is -0.0124. The summed E-state index contributed by atoms with van der Waals surface area (Å²) in [6, 6.07) is 4.95. The number of hydrogen-bond donors (Lipinski definition) is 2. The Labute approximate surface area is 169 Å². The molecule has 0 bridgehead atoms. The molecule has 0 spiro atoms. The van der Waals surface area contributed by atoms with Crippen molar-refractivity contribution in [1.82, 2.24) is 15.5 Å². The first kappa shape index (κ1) is 20.1. The third kappa shape index (κ3) is 4.78. The second-order valence-electron chi connectivity index (χ2n) is 6.84. The zero-order valence-electron chi connectivity index (χ0n) is 14.9. The quantitative estimate of drug-likeness (QED) is 0.768. The summed E-state index contributed by atoms with van der Waals surface area (Å²) >= 11 is 14.1. The van der Waals surface area contributed by atoms with E-state index in [0.717, 1.165) is 49.8 Å². The number of hydrogen-bond acceptors (Lipinski definition) is 4. The molecule has 26 heavy (non-hydrogen) atoms. The SMILES string of the molecule is CC(NC(=O)NCC1(N2CCOCC2)CCSC1)c1ccc(Cl)cc1Cl. The van der Waals surface area contributed by atoms with Crippen molar-refractivity contribution in [3.05, 3.63) is 33.8 Å². The zero-order chi connectivity index (χ0) is 18.6. The van der Waals surface area contributed by atoms with Crippen LogP contribution in [0.1, 0.15) is 24.9 Å². The largest absolute Gasteiger partial charge is 0.379 e. The molecule has 2 fully saturated rings. The Morgan fingerprint density at radius 2 is 2.15 bits per heavy atom. The van der Waals surface area contributed by atoms with Gasteiger partial charge in [-0.25, -0.2) is 4.79 Å². The number of morpholine rings is 1. The molecule has 1 aromatic carbocycles. The lowest BCUT2D eigenvalue weighted by Gasteiger charge is -2.43. The van der Waals surface area contributed by atoms with Gasteiger partial charge < -0.3 is 15.4 Å². The number of nitrogens with one attached hydrogen (secondary N) is 2. The Morgan fingerprint density at radius 1 is 1.38 bits per heavy atom. The second kappa shape index (κ2) is 9.02. The molecule has 0 aliphatic carbocycles. The normalized spacial score (nSPS) is 25.0. The summed E-state index contributed by atoms with van der Waals surface area (Å²) in [5.41, 5.74) is 0.887. The summed E-state index contributed by atoms with van der Waals surface area (Å²) in [7, 11) is 0. The van der Waals surface area contributed by atoms with Gasteiger partial charge in [0.25, 0.3) is 0 Å². The van der Waals surface area contributed by atoms with E-state index in [1.54, 1.807) is 12.1 Å². The van der Waals surface area contributed by atoms with Gasteiger partial charge in [0.15, 0.2) is 0 Å². The van der Waals surface area contributed by atoms with Gasteiger partial charge in [0.2, 0.25) is 0 Å². The smallest absolute Gasteiger partial charge is 0.315 e. The summed E-state index contributed by atoms with van der Waals surface area (Å²) in [4.78, 5) is 14.9. The molecule has 8 heteroatoms. The molecular weight excluding hydrogens is 393 g/mol. The number of benzene rings is 1. The van der Waals surface area contributed by atoms with Gasteiger partial charge in [-0.15, -0.1) is 0 Å². The predicted octanol–water partition coefficient (Wildman–Crippen LogP) is 3.56. The fourth-order valence-corrected chi connectivity index (χ4v) is 5.61. The van der Waals surface area contributed by atoms with E-state index in [4.69, 9.17) is 27.9 Å². The van der Waals surface area contributed by atoms with Crippen molar-refractivity contribution >= 4 is 41.0 Å². The molecule has 5 nitrogen and oxygen atoms in total. The Morgan fingerprint density at radius 3 is 2.81 bits per heavy atom. The van der Waals surface area contributed by atoms with Crippen LogP contribution in [-0.4, -0.2) is 60.8 Å². The van der Waals surface area contributed by atoms with Crippen LogP contribution in [0.15, 0.2) is 18.2 Å². The van der Waals surface area contributed by atoms with Crippen LogP contribution in [0.4, 0.5) is 4.79 Å². The van der Waals surface area contributed by atoms with Gasteiger partial charge in [-0.1, -0.05) is 29.3 Å². The Balaban J connectivity index is 1.56. The first-order chi connectivity index (χ1) is 12.5. The number of amides is 2. The Kier molecular flexibility index (Phi) is 6.97. The van der Waals surface area contributed by atoms with E-state index in [9.17, 15) is 4.79 Å². The number of rotatable bonds is 5. The van der Waals surface area contributed by atoms with Gasteiger partial charge in [0.1, 0.15) is 0 Å². The summed E-state index contributed by atoms with van der Waals surface area (Å²) in [5, 5.41) is 7.19. The monoisotopic (exact) mass is 417 g/mol. The fraction of sp³-hybridized carbons (Fsp3) is 0.611. The van der Waals surface area contributed by atoms with Crippen molar-refractivity contribution in [2.75, 3.05) is 44.4 Å². The maximum absolute atomic E-state index is 12.4. The first-order valence-corrected chi connectivity index (χ1v) is 10.8. The summed E-state index contributed by atoms with van der Waals surface area (Å²) in [5.74, 6) is 2.18. The molecule has 2 amide bonds. The number of carbonyl (C=O) groups excluding carboxylic acids is 1. The predicted molar refractivity (Wildman–Crippen MR) is 108 cm³/mol. The molecule has 2 atom stereocenters. The topological polar surface area (TPSA) is 53.6 Å². The van der Waals surface area contributed by atoms with Gasteiger partial charge in [-0.3, -0.25) is 4.90 Å². The minimum absolute atomic E-state index is 0.0347. The molecule has 2 aliphatic rings. The van der Waals surface area contributed by atoms with Crippen LogP contribution in [-0.2, 0) is 4.74 Å². The molecule has 2 N–H and O–H groups in total.